The maximum absolute atomic E-state index is 13.8. The van der Waals surface area contributed by atoms with Gasteiger partial charge in [-0.15, -0.1) is 0 Å². The summed E-state index contributed by atoms with van der Waals surface area (Å²) in [5.74, 6) is -0.349. The van der Waals surface area contributed by atoms with Crippen LogP contribution in [-0.2, 0) is 13.6 Å². The molecule has 2 aromatic carbocycles. The molecule has 0 N–H and O–H groups in total. The Kier molecular flexibility index (Phi) is 3.73. The predicted octanol–water partition coefficient (Wildman–Crippen LogP) is 1.90. The molecule has 0 atom stereocenters. The highest BCUT2D eigenvalue weighted by Crippen LogP contribution is 2.18. The summed E-state index contributed by atoms with van der Waals surface area (Å²) in [5.41, 5.74) is 0.346. The maximum Gasteiger partial charge on any atom is 0.331 e. The van der Waals surface area contributed by atoms with Crippen molar-refractivity contribution in [3.63, 3.8) is 0 Å². The van der Waals surface area contributed by atoms with Crippen molar-refractivity contribution < 1.29 is 9.13 Å². The van der Waals surface area contributed by atoms with E-state index in [1.54, 1.807) is 30.3 Å². The molecule has 0 aliphatic rings. The molecule has 0 unspecified atom stereocenters. The second-order valence-corrected chi connectivity index (χ2v) is 5.22. The zero-order valence-electron chi connectivity index (χ0n) is 12.7. The summed E-state index contributed by atoms with van der Waals surface area (Å²) >= 11 is 0. The van der Waals surface area contributed by atoms with Crippen LogP contribution in [0, 0.1) is 5.82 Å². The monoisotopic (exact) mass is 314 g/mol. The molecular formula is C17H15FN2O3. The van der Waals surface area contributed by atoms with Crippen molar-refractivity contribution in [3.8, 4) is 5.75 Å². The Bertz CT molecular complexity index is 1000. The van der Waals surface area contributed by atoms with E-state index in [0.29, 0.717) is 16.5 Å². The molecule has 0 aliphatic carbocycles. The summed E-state index contributed by atoms with van der Waals surface area (Å²) in [6.45, 7) is 0.161. The number of benzene rings is 2. The molecule has 23 heavy (non-hydrogen) atoms. The van der Waals surface area contributed by atoms with Gasteiger partial charge in [0, 0.05) is 7.05 Å². The smallest absolute Gasteiger partial charge is 0.331 e. The number of rotatable bonds is 3. The summed E-state index contributed by atoms with van der Waals surface area (Å²) in [5, 5.41) is 0.448. The summed E-state index contributed by atoms with van der Waals surface area (Å²) in [4.78, 5) is 24.6. The van der Waals surface area contributed by atoms with Crippen molar-refractivity contribution in [2.45, 2.75) is 6.54 Å². The first-order valence-corrected chi connectivity index (χ1v) is 7.04. The number of halogens is 1. The van der Waals surface area contributed by atoms with Gasteiger partial charge in [-0.05, 0) is 29.8 Å². The average Bonchev–Trinajstić information content (AvgIpc) is 2.57. The van der Waals surface area contributed by atoms with Gasteiger partial charge >= 0.3 is 5.69 Å². The Morgan fingerprint density at radius 1 is 1.13 bits per heavy atom. The molecule has 0 radical (unpaired) electrons. The van der Waals surface area contributed by atoms with Crippen LogP contribution >= 0.6 is 0 Å². The molecule has 118 valence electrons. The van der Waals surface area contributed by atoms with Crippen LogP contribution in [0.1, 0.15) is 5.56 Å². The summed E-state index contributed by atoms with van der Waals surface area (Å²) in [6.07, 6.45) is 0. The lowest BCUT2D eigenvalue weighted by molar-refractivity contribution is 0.386. The van der Waals surface area contributed by atoms with Crippen molar-refractivity contribution in [2.24, 2.45) is 7.05 Å². The third-order valence-electron chi connectivity index (χ3n) is 3.80. The molecule has 0 bridgehead atoms. The van der Waals surface area contributed by atoms with Crippen LogP contribution in [0.2, 0.25) is 0 Å². The van der Waals surface area contributed by atoms with Crippen LogP contribution in [0.5, 0.6) is 5.75 Å². The van der Waals surface area contributed by atoms with Gasteiger partial charge in [0.15, 0.2) is 11.6 Å². The van der Waals surface area contributed by atoms with E-state index in [1.165, 1.54) is 30.9 Å². The summed E-state index contributed by atoms with van der Waals surface area (Å²) in [6, 6.07) is 11.4. The normalized spacial score (nSPS) is 10.9. The van der Waals surface area contributed by atoms with Gasteiger partial charge in [-0.3, -0.25) is 13.9 Å². The Hall–Kier alpha value is -2.89. The Morgan fingerprint density at radius 2 is 1.87 bits per heavy atom. The highest BCUT2D eigenvalue weighted by Gasteiger charge is 2.11. The van der Waals surface area contributed by atoms with Gasteiger partial charge in [-0.2, -0.15) is 0 Å². The zero-order valence-corrected chi connectivity index (χ0v) is 12.7. The average molecular weight is 314 g/mol. The van der Waals surface area contributed by atoms with E-state index in [2.05, 4.69) is 0 Å². The number of methoxy groups -OCH3 is 1. The third kappa shape index (κ3) is 2.52. The number of ether oxygens (including phenoxy) is 1. The van der Waals surface area contributed by atoms with Crippen molar-refractivity contribution in [3.05, 3.63) is 74.7 Å². The molecule has 0 spiro atoms. The van der Waals surface area contributed by atoms with Crippen LogP contribution in [0.25, 0.3) is 10.9 Å². The first-order valence-electron chi connectivity index (χ1n) is 7.04. The molecule has 3 aromatic rings. The topological polar surface area (TPSA) is 53.2 Å². The predicted molar refractivity (Wildman–Crippen MR) is 85.5 cm³/mol. The van der Waals surface area contributed by atoms with Gasteiger partial charge in [-0.1, -0.05) is 18.2 Å². The maximum atomic E-state index is 13.8. The van der Waals surface area contributed by atoms with Crippen LogP contribution in [0.3, 0.4) is 0 Å². The Balaban J connectivity index is 2.19. The van der Waals surface area contributed by atoms with E-state index in [-0.39, 0.29) is 17.9 Å². The first-order chi connectivity index (χ1) is 11.0. The van der Waals surface area contributed by atoms with E-state index in [0.717, 1.165) is 4.57 Å². The SMILES string of the molecule is COc1ccc(Cn2c(=O)n(C)c(=O)c3ccccc32)cc1F. The Labute approximate surface area is 131 Å². The van der Waals surface area contributed by atoms with E-state index in [9.17, 15) is 14.0 Å². The molecular weight excluding hydrogens is 299 g/mol. The van der Waals surface area contributed by atoms with Gasteiger partial charge in [0.1, 0.15) is 0 Å². The number of para-hydroxylation sites is 1. The summed E-state index contributed by atoms with van der Waals surface area (Å²) < 4.78 is 21.2. The minimum absolute atomic E-state index is 0.145. The second kappa shape index (κ2) is 5.72. The Morgan fingerprint density at radius 3 is 2.57 bits per heavy atom. The number of hydrogen-bond acceptors (Lipinski definition) is 3. The fourth-order valence-electron chi connectivity index (χ4n) is 2.59. The molecule has 0 aliphatic heterocycles. The molecule has 1 heterocycles. The van der Waals surface area contributed by atoms with Gasteiger partial charge < -0.3 is 4.74 Å². The summed E-state index contributed by atoms with van der Waals surface area (Å²) in [7, 11) is 2.82. The molecule has 6 heteroatoms. The fraction of sp³-hybridized carbons (Fsp3) is 0.176. The minimum Gasteiger partial charge on any atom is -0.494 e. The highest BCUT2D eigenvalue weighted by molar-refractivity contribution is 5.77. The molecule has 1 aromatic heterocycles. The van der Waals surface area contributed by atoms with Gasteiger partial charge in [0.2, 0.25) is 0 Å². The van der Waals surface area contributed by atoms with Crippen LogP contribution in [0.4, 0.5) is 4.39 Å². The van der Waals surface area contributed by atoms with Crippen LogP contribution in [-0.4, -0.2) is 16.2 Å². The zero-order chi connectivity index (χ0) is 16.6. The third-order valence-corrected chi connectivity index (χ3v) is 3.80. The lowest BCUT2D eigenvalue weighted by Gasteiger charge is -2.12. The standard InChI is InChI=1S/C17H15FN2O3/c1-19-16(21)12-5-3-4-6-14(12)20(17(19)22)10-11-7-8-15(23-2)13(18)9-11/h3-9H,10H2,1-2H3. The van der Waals surface area contributed by atoms with Gasteiger partial charge in [-0.25, -0.2) is 9.18 Å². The van der Waals surface area contributed by atoms with Gasteiger partial charge in [0.25, 0.3) is 5.56 Å². The second-order valence-electron chi connectivity index (χ2n) is 5.22. The number of aromatic nitrogens is 2. The number of hydrogen-bond donors (Lipinski definition) is 0. The molecule has 0 amide bonds. The highest BCUT2D eigenvalue weighted by atomic mass is 19.1. The largest absolute Gasteiger partial charge is 0.494 e. The molecule has 3 rings (SSSR count). The van der Waals surface area contributed by atoms with E-state index >= 15 is 0 Å². The number of fused-ring (bicyclic) bond motifs is 1. The molecule has 0 saturated carbocycles. The van der Waals surface area contributed by atoms with Crippen molar-refractivity contribution in [1.82, 2.24) is 9.13 Å². The number of nitrogens with zero attached hydrogens (tertiary/aromatic N) is 2. The molecule has 5 nitrogen and oxygen atoms in total. The van der Waals surface area contributed by atoms with E-state index < -0.39 is 11.5 Å². The van der Waals surface area contributed by atoms with Crippen molar-refractivity contribution >= 4 is 10.9 Å². The first kappa shape index (κ1) is 15.0. The van der Waals surface area contributed by atoms with Gasteiger partial charge in [0.05, 0.1) is 24.6 Å². The lowest BCUT2D eigenvalue weighted by atomic mass is 10.2. The van der Waals surface area contributed by atoms with Crippen molar-refractivity contribution in [2.75, 3.05) is 7.11 Å². The van der Waals surface area contributed by atoms with Crippen LogP contribution < -0.4 is 16.0 Å². The molecule has 0 fully saturated rings. The minimum atomic E-state index is -0.493. The fourth-order valence-corrected chi connectivity index (χ4v) is 2.59. The molecule has 0 saturated heterocycles. The van der Waals surface area contributed by atoms with E-state index in [4.69, 9.17) is 4.74 Å². The van der Waals surface area contributed by atoms with Crippen molar-refractivity contribution in [1.29, 1.82) is 0 Å². The quantitative estimate of drug-likeness (QED) is 0.742. The lowest BCUT2D eigenvalue weighted by Crippen LogP contribution is -2.38. The van der Waals surface area contributed by atoms with Crippen LogP contribution in [0.15, 0.2) is 52.1 Å². The van der Waals surface area contributed by atoms with E-state index in [1.807, 2.05) is 0 Å².